The van der Waals surface area contributed by atoms with Gasteiger partial charge in [-0.25, -0.2) is 0 Å². The average Bonchev–Trinajstić information content (AvgIpc) is 3.07. The zero-order valence-corrected chi connectivity index (χ0v) is 18.2. The summed E-state index contributed by atoms with van der Waals surface area (Å²) in [4.78, 5) is 25.3. The van der Waals surface area contributed by atoms with Gasteiger partial charge in [0.05, 0.1) is 13.7 Å². The molecule has 1 saturated heterocycles. The first kappa shape index (κ1) is 21.9. The first-order valence-electron chi connectivity index (χ1n) is 10.3. The number of carbonyl (C=O) groups excluding carboxylic acids is 2. The molecule has 3 atom stereocenters. The number of fused-ring (bicyclic) bond motifs is 1. The van der Waals surface area contributed by atoms with E-state index in [4.69, 9.17) is 35.3 Å². The number of carbonyl (C=O) groups is 2. The second kappa shape index (κ2) is 8.68. The van der Waals surface area contributed by atoms with Gasteiger partial charge in [-0.1, -0.05) is 18.5 Å². The molecule has 0 amide bonds. The summed E-state index contributed by atoms with van der Waals surface area (Å²) in [5.41, 5.74) is -1.60. The van der Waals surface area contributed by atoms with Crippen LogP contribution in [-0.4, -0.2) is 55.5 Å². The first-order chi connectivity index (χ1) is 14.9. The van der Waals surface area contributed by atoms with E-state index >= 15 is 0 Å². The van der Waals surface area contributed by atoms with E-state index in [1.54, 1.807) is 6.92 Å². The van der Waals surface area contributed by atoms with Crippen LogP contribution in [0.4, 0.5) is 0 Å². The van der Waals surface area contributed by atoms with E-state index < -0.39 is 23.1 Å². The number of rotatable bonds is 6. The predicted octanol–water partition coefficient (Wildman–Crippen LogP) is 3.64. The zero-order chi connectivity index (χ0) is 22.2. The summed E-state index contributed by atoms with van der Waals surface area (Å²) >= 11 is 6.41. The number of ketones is 2. The van der Waals surface area contributed by atoms with E-state index in [1.807, 2.05) is 0 Å². The third-order valence-corrected chi connectivity index (χ3v) is 6.22. The molecule has 168 valence electrons. The van der Waals surface area contributed by atoms with Crippen LogP contribution in [0.5, 0.6) is 17.2 Å². The number of Topliss-reactive ketones (excluding diaryl/α,β-unsaturated/α-hetero) is 1. The van der Waals surface area contributed by atoms with Crippen molar-refractivity contribution in [2.45, 2.75) is 44.5 Å². The lowest BCUT2D eigenvalue weighted by Gasteiger charge is -2.34. The van der Waals surface area contributed by atoms with Crippen molar-refractivity contribution in [3.05, 3.63) is 28.5 Å². The lowest BCUT2D eigenvalue weighted by molar-refractivity contribution is -0.165. The Hall–Kier alpha value is -2.29. The maximum absolute atomic E-state index is 13.5. The Balaban J connectivity index is 1.60. The Bertz CT molecular complexity index is 921. The van der Waals surface area contributed by atoms with Crippen LogP contribution >= 0.6 is 11.6 Å². The third-order valence-electron chi connectivity index (χ3n) is 5.86. The van der Waals surface area contributed by atoms with Gasteiger partial charge in [-0.3, -0.25) is 9.59 Å². The molecule has 3 aliphatic rings. The highest BCUT2D eigenvalue weighted by Crippen LogP contribution is 2.54. The molecular weight excluding hydrogens is 428 g/mol. The van der Waals surface area contributed by atoms with E-state index in [0.717, 1.165) is 25.3 Å². The van der Waals surface area contributed by atoms with Crippen molar-refractivity contribution in [2.75, 3.05) is 26.9 Å². The van der Waals surface area contributed by atoms with Crippen molar-refractivity contribution in [2.24, 2.45) is 5.92 Å². The molecule has 1 unspecified atom stereocenters. The molecular formula is C22H25ClO8. The maximum Gasteiger partial charge on any atom is 0.230 e. The number of methoxy groups -OCH3 is 1. The van der Waals surface area contributed by atoms with E-state index in [9.17, 15) is 14.7 Å². The van der Waals surface area contributed by atoms with E-state index in [2.05, 4.69) is 0 Å². The van der Waals surface area contributed by atoms with E-state index in [-0.39, 0.29) is 59.5 Å². The average molecular weight is 453 g/mol. The fourth-order valence-corrected chi connectivity index (χ4v) is 4.50. The SMILES string of the molecule is COc1cc(OCCOC2CCCCO2)c2c(c1Cl)O[C@]1(C2=O)C(O)=CC(=O)C[C@H]1C. The number of halogens is 1. The molecule has 9 heteroatoms. The van der Waals surface area contributed by atoms with Crippen molar-refractivity contribution in [1.29, 1.82) is 0 Å². The van der Waals surface area contributed by atoms with Gasteiger partial charge in [0.25, 0.3) is 0 Å². The maximum atomic E-state index is 13.5. The van der Waals surface area contributed by atoms with Gasteiger partial charge in [-0.15, -0.1) is 0 Å². The van der Waals surface area contributed by atoms with Crippen LogP contribution in [0.25, 0.3) is 0 Å². The van der Waals surface area contributed by atoms with Crippen LogP contribution in [0.1, 0.15) is 43.0 Å². The summed E-state index contributed by atoms with van der Waals surface area (Å²) in [6, 6.07) is 1.51. The van der Waals surface area contributed by atoms with E-state index in [0.29, 0.717) is 6.61 Å². The first-order valence-corrected chi connectivity index (χ1v) is 10.7. The Kier molecular flexibility index (Phi) is 6.14. The number of allylic oxidation sites excluding steroid dienone is 1. The minimum Gasteiger partial charge on any atom is -0.507 e. The summed E-state index contributed by atoms with van der Waals surface area (Å²) < 4.78 is 28.3. The Morgan fingerprint density at radius 3 is 2.74 bits per heavy atom. The number of benzene rings is 1. The van der Waals surface area contributed by atoms with Crippen LogP contribution in [0.15, 0.2) is 17.9 Å². The van der Waals surface area contributed by atoms with Gasteiger partial charge in [0, 0.05) is 31.1 Å². The van der Waals surface area contributed by atoms with Gasteiger partial charge in [0.2, 0.25) is 11.4 Å². The largest absolute Gasteiger partial charge is 0.507 e. The normalized spacial score (nSPS) is 27.6. The number of aliphatic hydroxyl groups excluding tert-OH is 1. The van der Waals surface area contributed by atoms with Gasteiger partial charge in [-0.05, 0) is 19.3 Å². The molecule has 1 aromatic carbocycles. The number of aliphatic hydroxyl groups is 1. The Morgan fingerprint density at radius 2 is 2.06 bits per heavy atom. The molecule has 1 aliphatic carbocycles. The summed E-state index contributed by atoms with van der Waals surface area (Å²) in [5, 5.41) is 10.7. The van der Waals surface area contributed by atoms with Gasteiger partial charge < -0.3 is 28.8 Å². The number of ether oxygens (including phenoxy) is 5. The fraction of sp³-hybridized carbons (Fsp3) is 0.545. The second-order valence-electron chi connectivity index (χ2n) is 7.88. The second-order valence-corrected chi connectivity index (χ2v) is 8.26. The van der Waals surface area contributed by atoms with Crippen LogP contribution in [0, 0.1) is 5.92 Å². The van der Waals surface area contributed by atoms with Crippen LogP contribution < -0.4 is 14.2 Å². The lowest BCUT2D eigenvalue weighted by Crippen LogP contribution is -2.51. The van der Waals surface area contributed by atoms with E-state index in [1.165, 1.54) is 13.2 Å². The van der Waals surface area contributed by atoms with Gasteiger partial charge >= 0.3 is 0 Å². The molecule has 0 aromatic heterocycles. The van der Waals surface area contributed by atoms with Crippen molar-refractivity contribution < 1.29 is 38.4 Å². The monoisotopic (exact) mass is 452 g/mol. The molecule has 1 aromatic rings. The molecule has 1 spiro atoms. The highest BCUT2D eigenvalue weighted by molar-refractivity contribution is 6.35. The van der Waals surface area contributed by atoms with Crippen LogP contribution in [0.2, 0.25) is 5.02 Å². The van der Waals surface area contributed by atoms with Crippen molar-refractivity contribution in [3.8, 4) is 17.2 Å². The Morgan fingerprint density at radius 1 is 1.26 bits per heavy atom. The summed E-state index contributed by atoms with van der Waals surface area (Å²) in [6.07, 6.45) is 3.76. The van der Waals surface area contributed by atoms with Gasteiger partial charge in [0.1, 0.15) is 34.5 Å². The Labute approximate surface area is 185 Å². The molecule has 0 saturated carbocycles. The van der Waals surface area contributed by atoms with Crippen molar-refractivity contribution in [3.63, 3.8) is 0 Å². The van der Waals surface area contributed by atoms with Crippen LogP contribution in [-0.2, 0) is 14.3 Å². The zero-order valence-electron chi connectivity index (χ0n) is 17.4. The van der Waals surface area contributed by atoms with Crippen molar-refractivity contribution in [1.82, 2.24) is 0 Å². The lowest BCUT2D eigenvalue weighted by atomic mass is 9.75. The number of hydrogen-bond donors (Lipinski definition) is 1. The molecule has 8 nitrogen and oxygen atoms in total. The standard InChI is InChI=1S/C22H25ClO8/c1-12-9-13(24)10-16(25)22(12)21(26)18-14(11-15(27-2)19(23)20(18)31-22)28-7-8-30-17-5-3-4-6-29-17/h10-12,17,25H,3-9H2,1-2H3/t12-,17?,22+/m1/s1. The quantitative estimate of drug-likeness (QED) is 0.653. The number of hydrogen-bond acceptors (Lipinski definition) is 8. The fourth-order valence-electron chi connectivity index (χ4n) is 4.24. The minimum absolute atomic E-state index is 0.0595. The summed E-state index contributed by atoms with van der Waals surface area (Å²) in [7, 11) is 1.44. The molecule has 1 N–H and O–H groups in total. The molecule has 0 bridgehead atoms. The minimum atomic E-state index is -1.71. The highest BCUT2D eigenvalue weighted by atomic mass is 35.5. The molecule has 4 rings (SSSR count). The third kappa shape index (κ3) is 3.77. The van der Waals surface area contributed by atoms with Gasteiger partial charge in [-0.2, -0.15) is 0 Å². The molecule has 0 radical (unpaired) electrons. The van der Waals surface area contributed by atoms with Crippen molar-refractivity contribution >= 4 is 23.2 Å². The smallest absolute Gasteiger partial charge is 0.230 e. The van der Waals surface area contributed by atoms with Gasteiger partial charge in [0.15, 0.2) is 17.8 Å². The highest BCUT2D eigenvalue weighted by Gasteiger charge is 2.59. The molecule has 1 fully saturated rings. The van der Waals surface area contributed by atoms with Crippen LogP contribution in [0.3, 0.4) is 0 Å². The predicted molar refractivity (Wildman–Crippen MR) is 110 cm³/mol. The molecule has 2 aliphatic heterocycles. The molecule has 31 heavy (non-hydrogen) atoms. The topological polar surface area (TPSA) is 101 Å². The summed E-state index contributed by atoms with van der Waals surface area (Å²) in [6.45, 7) is 2.78. The molecule has 2 heterocycles. The summed E-state index contributed by atoms with van der Waals surface area (Å²) in [5.74, 6) is -1.26.